The molecule has 20 heavy (non-hydrogen) atoms. The lowest BCUT2D eigenvalue weighted by Gasteiger charge is -2.31. The molecule has 1 aromatic carbocycles. The molecule has 0 fully saturated rings. The van der Waals surface area contributed by atoms with Gasteiger partial charge in [-0.05, 0) is 30.5 Å². The highest BCUT2D eigenvalue weighted by Gasteiger charge is 2.33. The van der Waals surface area contributed by atoms with E-state index in [1.165, 1.54) is 12.1 Å². The summed E-state index contributed by atoms with van der Waals surface area (Å²) in [6, 6.07) is 5.72. The second kappa shape index (κ2) is 6.88. The first-order chi connectivity index (χ1) is 9.47. The van der Waals surface area contributed by atoms with Crippen molar-refractivity contribution in [3.63, 3.8) is 0 Å². The van der Waals surface area contributed by atoms with Crippen LogP contribution in [0.4, 0.5) is 4.39 Å². The number of amidine groups is 1. The van der Waals surface area contributed by atoms with E-state index in [9.17, 15) is 9.18 Å². The zero-order valence-corrected chi connectivity index (χ0v) is 11.7. The Hall–Kier alpha value is -2.11. The van der Waals surface area contributed by atoms with Crippen LogP contribution < -0.4 is 11.1 Å². The molecule has 0 saturated carbocycles. The fraction of sp³-hybridized carbons (Fsp3) is 0.429. The zero-order chi connectivity index (χ0) is 15.2. The molecule has 0 aromatic heterocycles. The van der Waals surface area contributed by atoms with Crippen LogP contribution in [-0.4, -0.2) is 22.5 Å². The summed E-state index contributed by atoms with van der Waals surface area (Å²) < 4.78 is 12.8. The van der Waals surface area contributed by atoms with E-state index in [0.29, 0.717) is 18.4 Å². The zero-order valence-electron chi connectivity index (χ0n) is 11.7. The second-order valence-corrected chi connectivity index (χ2v) is 4.63. The Bertz CT molecular complexity index is 482. The highest BCUT2D eigenvalue weighted by molar-refractivity contribution is 5.94. The SMILES string of the molecule is CCC(CC)(NC(=O)Cc1ccc(F)cc1)/C(N)=N/O. The molecule has 6 heteroatoms. The number of halogens is 1. The molecule has 0 unspecified atom stereocenters. The van der Waals surface area contributed by atoms with Crippen molar-refractivity contribution in [3.8, 4) is 0 Å². The number of amides is 1. The predicted molar refractivity (Wildman–Crippen MR) is 75.0 cm³/mol. The standard InChI is InChI=1S/C14H20FN3O2/c1-3-14(4-2,13(16)18-20)17-12(19)9-10-5-7-11(15)8-6-10/h5-8,20H,3-4,9H2,1-2H3,(H2,16,18)(H,17,19). The molecule has 0 aliphatic carbocycles. The Morgan fingerprint density at radius 2 is 1.90 bits per heavy atom. The first-order valence-corrected chi connectivity index (χ1v) is 6.51. The van der Waals surface area contributed by atoms with Crippen molar-refractivity contribution < 1.29 is 14.4 Å². The number of nitrogens with two attached hydrogens (primary N) is 1. The third-order valence-corrected chi connectivity index (χ3v) is 3.46. The number of rotatable bonds is 6. The molecular formula is C14H20FN3O2. The number of nitrogens with one attached hydrogen (secondary N) is 1. The predicted octanol–water partition coefficient (Wildman–Crippen LogP) is 1.79. The van der Waals surface area contributed by atoms with Crippen LogP contribution in [0.5, 0.6) is 0 Å². The number of hydrogen-bond donors (Lipinski definition) is 3. The van der Waals surface area contributed by atoms with Gasteiger partial charge in [0.25, 0.3) is 0 Å². The van der Waals surface area contributed by atoms with Gasteiger partial charge >= 0.3 is 0 Å². The molecular weight excluding hydrogens is 261 g/mol. The fourth-order valence-electron chi connectivity index (χ4n) is 2.05. The molecule has 0 bridgehead atoms. The van der Waals surface area contributed by atoms with Gasteiger partial charge in [-0.25, -0.2) is 4.39 Å². The van der Waals surface area contributed by atoms with Crippen LogP contribution in [0.1, 0.15) is 32.3 Å². The van der Waals surface area contributed by atoms with Crippen LogP contribution in [-0.2, 0) is 11.2 Å². The molecule has 0 heterocycles. The van der Waals surface area contributed by atoms with Crippen LogP contribution in [0.25, 0.3) is 0 Å². The van der Waals surface area contributed by atoms with E-state index in [1.807, 2.05) is 13.8 Å². The van der Waals surface area contributed by atoms with Crippen molar-refractivity contribution >= 4 is 11.7 Å². The Labute approximate surface area is 117 Å². The monoisotopic (exact) mass is 281 g/mol. The minimum atomic E-state index is -0.855. The number of benzene rings is 1. The van der Waals surface area contributed by atoms with Crippen LogP contribution in [0.2, 0.25) is 0 Å². The number of carbonyl (C=O) groups is 1. The van der Waals surface area contributed by atoms with Crippen molar-refractivity contribution in [2.45, 2.75) is 38.6 Å². The molecule has 5 nitrogen and oxygen atoms in total. The van der Waals surface area contributed by atoms with Crippen LogP contribution in [0, 0.1) is 5.82 Å². The quantitative estimate of drug-likeness (QED) is 0.321. The van der Waals surface area contributed by atoms with Gasteiger partial charge in [-0.3, -0.25) is 4.79 Å². The van der Waals surface area contributed by atoms with E-state index in [2.05, 4.69) is 10.5 Å². The summed E-state index contributed by atoms with van der Waals surface area (Å²) >= 11 is 0. The highest BCUT2D eigenvalue weighted by atomic mass is 19.1. The fourth-order valence-corrected chi connectivity index (χ4v) is 2.05. The van der Waals surface area contributed by atoms with E-state index in [0.717, 1.165) is 0 Å². The Morgan fingerprint density at radius 3 is 2.35 bits per heavy atom. The van der Waals surface area contributed by atoms with Crippen molar-refractivity contribution in [3.05, 3.63) is 35.6 Å². The summed E-state index contributed by atoms with van der Waals surface area (Å²) in [4.78, 5) is 12.1. The van der Waals surface area contributed by atoms with E-state index in [4.69, 9.17) is 10.9 Å². The van der Waals surface area contributed by atoms with Gasteiger partial charge in [0.2, 0.25) is 5.91 Å². The summed E-state index contributed by atoms with van der Waals surface area (Å²) in [5, 5.41) is 14.6. The van der Waals surface area contributed by atoms with Gasteiger partial charge in [0.15, 0.2) is 5.84 Å². The van der Waals surface area contributed by atoms with Crippen LogP contribution >= 0.6 is 0 Å². The smallest absolute Gasteiger partial charge is 0.225 e. The number of hydrogen-bond acceptors (Lipinski definition) is 3. The van der Waals surface area contributed by atoms with Gasteiger partial charge in [0.1, 0.15) is 11.4 Å². The van der Waals surface area contributed by atoms with Gasteiger partial charge in [-0.15, -0.1) is 0 Å². The largest absolute Gasteiger partial charge is 0.409 e. The maximum atomic E-state index is 12.8. The molecule has 0 saturated heterocycles. The third kappa shape index (κ3) is 3.69. The summed E-state index contributed by atoms with van der Waals surface area (Å²) in [6.07, 6.45) is 1.13. The summed E-state index contributed by atoms with van der Waals surface area (Å²) in [5.41, 5.74) is 5.51. The number of oxime groups is 1. The Morgan fingerprint density at radius 1 is 1.35 bits per heavy atom. The second-order valence-electron chi connectivity index (χ2n) is 4.63. The van der Waals surface area contributed by atoms with Crippen LogP contribution in [0.15, 0.2) is 29.4 Å². The van der Waals surface area contributed by atoms with Gasteiger partial charge in [0, 0.05) is 0 Å². The van der Waals surface area contributed by atoms with Crippen molar-refractivity contribution in [1.82, 2.24) is 5.32 Å². The molecule has 1 aromatic rings. The summed E-state index contributed by atoms with van der Waals surface area (Å²) in [5.74, 6) is -0.621. The van der Waals surface area contributed by atoms with E-state index in [-0.39, 0.29) is 24.0 Å². The minimum Gasteiger partial charge on any atom is -0.409 e. The van der Waals surface area contributed by atoms with Crippen molar-refractivity contribution in [2.75, 3.05) is 0 Å². The molecule has 0 aliphatic heterocycles. The van der Waals surface area contributed by atoms with Gasteiger partial charge in [-0.2, -0.15) is 0 Å². The average molecular weight is 281 g/mol. The normalized spacial score (nSPS) is 12.2. The lowest BCUT2D eigenvalue weighted by atomic mass is 9.91. The van der Waals surface area contributed by atoms with E-state index in [1.54, 1.807) is 12.1 Å². The molecule has 1 amide bonds. The van der Waals surface area contributed by atoms with E-state index >= 15 is 0 Å². The van der Waals surface area contributed by atoms with Gasteiger partial charge in [-0.1, -0.05) is 31.1 Å². The topological polar surface area (TPSA) is 87.7 Å². The van der Waals surface area contributed by atoms with Crippen molar-refractivity contribution in [2.24, 2.45) is 10.9 Å². The first-order valence-electron chi connectivity index (χ1n) is 6.51. The third-order valence-electron chi connectivity index (χ3n) is 3.46. The summed E-state index contributed by atoms with van der Waals surface area (Å²) in [6.45, 7) is 3.69. The molecule has 110 valence electrons. The summed E-state index contributed by atoms with van der Waals surface area (Å²) in [7, 11) is 0. The number of nitrogens with zero attached hydrogens (tertiary/aromatic N) is 1. The minimum absolute atomic E-state index is 0.0186. The highest BCUT2D eigenvalue weighted by Crippen LogP contribution is 2.16. The Balaban J connectivity index is 2.79. The maximum Gasteiger partial charge on any atom is 0.225 e. The molecule has 0 aliphatic rings. The molecule has 0 atom stereocenters. The Kier molecular flexibility index (Phi) is 5.49. The average Bonchev–Trinajstić information content (AvgIpc) is 2.46. The molecule has 4 N–H and O–H groups in total. The van der Waals surface area contributed by atoms with Crippen molar-refractivity contribution in [1.29, 1.82) is 0 Å². The maximum absolute atomic E-state index is 12.8. The lowest BCUT2D eigenvalue weighted by molar-refractivity contribution is -0.121. The van der Waals surface area contributed by atoms with Crippen LogP contribution in [0.3, 0.4) is 0 Å². The molecule has 0 radical (unpaired) electrons. The van der Waals surface area contributed by atoms with Gasteiger partial charge < -0.3 is 16.3 Å². The number of carbonyl (C=O) groups excluding carboxylic acids is 1. The molecule has 0 spiro atoms. The first kappa shape index (κ1) is 15.9. The lowest BCUT2D eigenvalue weighted by Crippen LogP contribution is -2.57. The van der Waals surface area contributed by atoms with Gasteiger partial charge in [0.05, 0.1) is 6.42 Å². The van der Waals surface area contributed by atoms with E-state index < -0.39 is 5.54 Å². The molecule has 1 rings (SSSR count).